The second-order valence-electron chi connectivity index (χ2n) is 6.16. The number of carbonyl (C=O) groups excluding carboxylic acids is 1. The van der Waals surface area contributed by atoms with Crippen LogP contribution in [0.2, 0.25) is 0 Å². The fourth-order valence-corrected chi connectivity index (χ4v) is 3.27. The third-order valence-corrected chi connectivity index (χ3v) is 4.60. The zero-order valence-corrected chi connectivity index (χ0v) is 15.1. The van der Waals surface area contributed by atoms with Crippen LogP contribution in [-0.2, 0) is 18.3 Å². The van der Waals surface area contributed by atoms with Gasteiger partial charge in [-0.3, -0.25) is 19.4 Å². The number of nitrogens with one attached hydrogen (secondary N) is 2. The lowest BCUT2D eigenvalue weighted by atomic mass is 10.0. The van der Waals surface area contributed by atoms with Gasteiger partial charge in [0.25, 0.3) is 5.56 Å². The topological polar surface area (TPSA) is 83.0 Å². The number of carbonyl (C=O) groups is 1. The van der Waals surface area contributed by atoms with Gasteiger partial charge in [0.15, 0.2) is 5.65 Å². The standard InChI is InChI=1S/C16H23N5O2.ClH/c1-10-12(9-13(22)21-7-4-5-17-6-8-21)11(2)18-15-14(10)16(23)19-20(15)3;/h17H,4-9H2,1-3H3,(H,19,23);1H. The van der Waals surface area contributed by atoms with Gasteiger partial charge in [-0.15, -0.1) is 12.4 Å². The minimum atomic E-state index is -0.153. The smallest absolute Gasteiger partial charge is 0.273 e. The number of amides is 1. The van der Waals surface area contributed by atoms with E-state index in [1.165, 1.54) is 0 Å². The summed E-state index contributed by atoms with van der Waals surface area (Å²) in [6.07, 6.45) is 1.27. The van der Waals surface area contributed by atoms with Crippen LogP contribution in [-0.4, -0.2) is 51.8 Å². The Balaban J connectivity index is 0.00000208. The molecule has 1 fully saturated rings. The molecule has 8 heteroatoms. The summed E-state index contributed by atoms with van der Waals surface area (Å²) in [4.78, 5) is 31.2. The van der Waals surface area contributed by atoms with E-state index in [9.17, 15) is 9.59 Å². The first-order valence-electron chi connectivity index (χ1n) is 8.02. The number of aromatic nitrogens is 3. The summed E-state index contributed by atoms with van der Waals surface area (Å²) in [5.41, 5.74) is 3.03. The van der Waals surface area contributed by atoms with Crippen LogP contribution in [0.5, 0.6) is 0 Å². The molecule has 2 aromatic rings. The monoisotopic (exact) mass is 353 g/mol. The normalized spacial score (nSPS) is 15.2. The van der Waals surface area contributed by atoms with E-state index in [0.717, 1.165) is 49.4 Å². The molecule has 1 aliphatic heterocycles. The number of rotatable bonds is 2. The van der Waals surface area contributed by atoms with Crippen molar-refractivity contribution in [2.75, 3.05) is 26.2 Å². The van der Waals surface area contributed by atoms with Gasteiger partial charge < -0.3 is 10.2 Å². The van der Waals surface area contributed by atoms with Gasteiger partial charge in [0.05, 0.1) is 11.8 Å². The second-order valence-corrected chi connectivity index (χ2v) is 6.16. The molecule has 0 radical (unpaired) electrons. The second kappa shape index (κ2) is 7.36. The predicted octanol–water partition coefficient (Wildman–Crippen LogP) is 0.665. The first-order valence-corrected chi connectivity index (χ1v) is 8.02. The van der Waals surface area contributed by atoms with Crippen molar-refractivity contribution in [2.24, 2.45) is 7.05 Å². The number of pyridine rings is 1. The number of halogens is 1. The van der Waals surface area contributed by atoms with Crippen molar-refractivity contribution in [3.8, 4) is 0 Å². The maximum absolute atomic E-state index is 12.6. The first kappa shape index (κ1) is 18.5. The van der Waals surface area contributed by atoms with Crippen LogP contribution in [0.15, 0.2) is 4.79 Å². The Kier molecular flexibility index (Phi) is 5.66. The zero-order chi connectivity index (χ0) is 16.6. The van der Waals surface area contributed by atoms with Crippen LogP contribution in [0.25, 0.3) is 11.0 Å². The van der Waals surface area contributed by atoms with Gasteiger partial charge in [0, 0.05) is 32.4 Å². The zero-order valence-electron chi connectivity index (χ0n) is 14.3. The van der Waals surface area contributed by atoms with E-state index in [4.69, 9.17) is 0 Å². The molecule has 24 heavy (non-hydrogen) atoms. The molecule has 0 bridgehead atoms. The SMILES string of the molecule is Cc1nc2c(c(C)c1CC(=O)N1CCCNCC1)c(=O)[nH]n2C.Cl. The number of aryl methyl sites for hydroxylation is 3. The minimum absolute atomic E-state index is 0. The molecule has 7 nitrogen and oxygen atoms in total. The van der Waals surface area contributed by atoms with E-state index in [-0.39, 0.29) is 23.9 Å². The van der Waals surface area contributed by atoms with Crippen LogP contribution in [0.1, 0.15) is 23.2 Å². The highest BCUT2D eigenvalue weighted by Crippen LogP contribution is 2.21. The molecule has 2 aromatic heterocycles. The van der Waals surface area contributed by atoms with E-state index in [1.54, 1.807) is 11.7 Å². The summed E-state index contributed by atoms with van der Waals surface area (Å²) < 4.78 is 1.63. The fraction of sp³-hybridized carbons (Fsp3) is 0.562. The lowest BCUT2D eigenvalue weighted by Crippen LogP contribution is -2.35. The highest BCUT2D eigenvalue weighted by atomic mass is 35.5. The van der Waals surface area contributed by atoms with Gasteiger partial charge in [-0.2, -0.15) is 0 Å². The largest absolute Gasteiger partial charge is 0.341 e. The Bertz CT molecular complexity index is 803. The first-order chi connectivity index (χ1) is 11.0. The fourth-order valence-electron chi connectivity index (χ4n) is 3.27. The van der Waals surface area contributed by atoms with Crippen molar-refractivity contribution in [3.05, 3.63) is 27.2 Å². The average molecular weight is 354 g/mol. The maximum Gasteiger partial charge on any atom is 0.273 e. The molecular weight excluding hydrogens is 330 g/mol. The third kappa shape index (κ3) is 3.32. The molecule has 0 unspecified atom stereocenters. The number of nitrogens with zero attached hydrogens (tertiary/aromatic N) is 3. The molecule has 1 amide bonds. The lowest BCUT2D eigenvalue weighted by molar-refractivity contribution is -0.130. The molecular formula is C16H24ClN5O2. The van der Waals surface area contributed by atoms with Crippen molar-refractivity contribution >= 4 is 29.3 Å². The summed E-state index contributed by atoms with van der Waals surface area (Å²) in [5.74, 6) is 0.105. The van der Waals surface area contributed by atoms with Crippen molar-refractivity contribution in [2.45, 2.75) is 26.7 Å². The number of hydrogen-bond acceptors (Lipinski definition) is 4. The molecule has 0 atom stereocenters. The molecule has 0 spiro atoms. The summed E-state index contributed by atoms with van der Waals surface area (Å²) in [7, 11) is 1.77. The quantitative estimate of drug-likeness (QED) is 0.831. The Hall–Kier alpha value is -1.86. The Morgan fingerprint density at radius 3 is 2.75 bits per heavy atom. The maximum atomic E-state index is 12.6. The van der Waals surface area contributed by atoms with Crippen molar-refractivity contribution in [3.63, 3.8) is 0 Å². The van der Waals surface area contributed by atoms with Gasteiger partial charge in [0.1, 0.15) is 0 Å². The van der Waals surface area contributed by atoms with Crippen LogP contribution in [0.3, 0.4) is 0 Å². The van der Waals surface area contributed by atoms with E-state index in [0.29, 0.717) is 17.5 Å². The van der Waals surface area contributed by atoms with Gasteiger partial charge in [-0.25, -0.2) is 4.98 Å². The molecule has 1 aliphatic rings. The van der Waals surface area contributed by atoms with E-state index in [1.807, 2.05) is 18.7 Å². The van der Waals surface area contributed by atoms with Crippen LogP contribution in [0, 0.1) is 13.8 Å². The summed E-state index contributed by atoms with van der Waals surface area (Å²) in [6.45, 7) is 7.10. The molecule has 0 saturated carbocycles. The number of hydrogen-bond donors (Lipinski definition) is 2. The van der Waals surface area contributed by atoms with Gasteiger partial charge in [-0.05, 0) is 37.9 Å². The van der Waals surface area contributed by atoms with Gasteiger partial charge in [-0.1, -0.05) is 0 Å². The molecule has 1 saturated heterocycles. The van der Waals surface area contributed by atoms with Crippen molar-refractivity contribution < 1.29 is 4.79 Å². The molecule has 2 N–H and O–H groups in total. The number of aromatic amines is 1. The molecule has 3 rings (SSSR count). The number of H-pyrrole nitrogens is 1. The summed E-state index contributed by atoms with van der Waals surface area (Å²) >= 11 is 0. The van der Waals surface area contributed by atoms with Gasteiger partial charge in [0.2, 0.25) is 5.91 Å². The predicted molar refractivity (Wildman–Crippen MR) is 95.8 cm³/mol. The lowest BCUT2D eigenvalue weighted by Gasteiger charge is -2.21. The van der Waals surface area contributed by atoms with E-state index < -0.39 is 0 Å². The average Bonchev–Trinajstić information content (AvgIpc) is 2.72. The Morgan fingerprint density at radius 2 is 2.00 bits per heavy atom. The van der Waals surface area contributed by atoms with Crippen LogP contribution in [0.4, 0.5) is 0 Å². The molecule has 132 valence electrons. The van der Waals surface area contributed by atoms with Crippen molar-refractivity contribution in [1.29, 1.82) is 0 Å². The van der Waals surface area contributed by atoms with Crippen molar-refractivity contribution in [1.82, 2.24) is 25.0 Å². The van der Waals surface area contributed by atoms with E-state index in [2.05, 4.69) is 15.4 Å². The Morgan fingerprint density at radius 1 is 1.25 bits per heavy atom. The van der Waals surface area contributed by atoms with Crippen LogP contribution < -0.4 is 10.9 Å². The molecule has 3 heterocycles. The summed E-state index contributed by atoms with van der Waals surface area (Å²) in [6, 6.07) is 0. The summed E-state index contributed by atoms with van der Waals surface area (Å²) in [5, 5.41) is 6.61. The number of fused-ring (bicyclic) bond motifs is 1. The molecule has 0 aromatic carbocycles. The molecule has 0 aliphatic carbocycles. The highest BCUT2D eigenvalue weighted by Gasteiger charge is 2.20. The van der Waals surface area contributed by atoms with E-state index >= 15 is 0 Å². The third-order valence-electron chi connectivity index (χ3n) is 4.60. The Labute approximate surface area is 146 Å². The minimum Gasteiger partial charge on any atom is -0.341 e. The van der Waals surface area contributed by atoms with Crippen LogP contribution >= 0.6 is 12.4 Å². The van der Waals surface area contributed by atoms with Gasteiger partial charge >= 0.3 is 0 Å². The highest BCUT2D eigenvalue weighted by molar-refractivity contribution is 5.85.